The van der Waals surface area contributed by atoms with Gasteiger partial charge in [0.05, 0.1) is 0 Å². The lowest BCUT2D eigenvalue weighted by atomic mass is 10.2. The molecular weight excluding hydrogens is 333 g/mol. The summed E-state index contributed by atoms with van der Waals surface area (Å²) >= 11 is 0. The summed E-state index contributed by atoms with van der Waals surface area (Å²) in [5.41, 5.74) is 0.870. The smallest absolute Gasteiger partial charge is 0.226 e. The van der Waals surface area contributed by atoms with Crippen LogP contribution in [0.5, 0.6) is 0 Å². The van der Waals surface area contributed by atoms with Crippen molar-refractivity contribution >= 4 is 17.5 Å². The summed E-state index contributed by atoms with van der Waals surface area (Å²) in [5, 5.41) is 2.44. The summed E-state index contributed by atoms with van der Waals surface area (Å²) < 4.78 is 38.9. The van der Waals surface area contributed by atoms with Gasteiger partial charge in [-0.3, -0.25) is 9.59 Å². The molecule has 2 aromatic carbocycles. The Hall–Kier alpha value is -2.83. The van der Waals surface area contributed by atoms with Crippen molar-refractivity contribution in [2.75, 3.05) is 11.9 Å². The summed E-state index contributed by atoms with van der Waals surface area (Å²) in [5.74, 6) is -3.09. The molecule has 0 aromatic heterocycles. The van der Waals surface area contributed by atoms with Crippen LogP contribution >= 0.6 is 0 Å². The fourth-order valence-electron chi connectivity index (χ4n) is 2.19. The van der Waals surface area contributed by atoms with E-state index in [9.17, 15) is 22.8 Å². The molecule has 0 aliphatic carbocycles. The normalized spacial score (nSPS) is 10.4. The number of nitrogens with zero attached hydrogens (tertiary/aromatic N) is 1. The number of carbonyl (C=O) groups excluding carboxylic acids is 2. The van der Waals surface area contributed by atoms with Gasteiger partial charge in [0.1, 0.15) is 5.82 Å². The van der Waals surface area contributed by atoms with Crippen molar-refractivity contribution in [3.63, 3.8) is 0 Å². The predicted octanol–water partition coefficient (Wildman–Crippen LogP) is 3.48. The SMILES string of the molecule is CC(=O)N(CCC(=O)Nc1ccc(F)c(F)c1)Cc1ccc(F)cc1. The summed E-state index contributed by atoms with van der Waals surface area (Å²) in [6.45, 7) is 1.76. The van der Waals surface area contributed by atoms with E-state index in [-0.39, 0.29) is 36.9 Å². The Morgan fingerprint density at radius 3 is 2.28 bits per heavy atom. The standard InChI is InChI=1S/C18H17F3N2O2/c1-12(24)23(11-13-2-4-14(19)5-3-13)9-8-18(25)22-15-6-7-16(20)17(21)10-15/h2-7,10H,8-9,11H2,1H3,(H,22,25). The van der Waals surface area contributed by atoms with E-state index >= 15 is 0 Å². The van der Waals surface area contributed by atoms with Crippen LogP contribution in [0.1, 0.15) is 18.9 Å². The summed E-state index contributed by atoms with van der Waals surface area (Å²) in [6.07, 6.45) is -0.0141. The zero-order valence-corrected chi connectivity index (χ0v) is 13.6. The number of halogens is 3. The van der Waals surface area contributed by atoms with Gasteiger partial charge >= 0.3 is 0 Å². The molecular formula is C18H17F3N2O2. The molecule has 0 atom stereocenters. The van der Waals surface area contributed by atoms with Gasteiger partial charge in [-0.1, -0.05) is 12.1 Å². The zero-order valence-electron chi connectivity index (χ0n) is 13.6. The minimum Gasteiger partial charge on any atom is -0.338 e. The van der Waals surface area contributed by atoms with E-state index in [2.05, 4.69) is 5.32 Å². The molecule has 0 bridgehead atoms. The average molecular weight is 350 g/mol. The number of hydrogen-bond donors (Lipinski definition) is 1. The van der Waals surface area contributed by atoms with Gasteiger partial charge in [0.25, 0.3) is 0 Å². The number of nitrogens with one attached hydrogen (secondary N) is 1. The number of carbonyl (C=O) groups is 2. The lowest BCUT2D eigenvalue weighted by Crippen LogP contribution is -2.31. The highest BCUT2D eigenvalue weighted by atomic mass is 19.2. The molecule has 0 aliphatic heterocycles. The van der Waals surface area contributed by atoms with E-state index in [1.165, 1.54) is 30.0 Å². The molecule has 0 radical (unpaired) electrons. The van der Waals surface area contributed by atoms with Gasteiger partial charge in [-0.15, -0.1) is 0 Å². The van der Waals surface area contributed by atoms with Crippen LogP contribution < -0.4 is 5.32 Å². The van der Waals surface area contributed by atoms with Crippen molar-refractivity contribution in [1.29, 1.82) is 0 Å². The largest absolute Gasteiger partial charge is 0.338 e. The maximum absolute atomic E-state index is 13.1. The molecule has 4 nitrogen and oxygen atoms in total. The minimum absolute atomic E-state index is 0.0141. The molecule has 0 saturated carbocycles. The molecule has 25 heavy (non-hydrogen) atoms. The van der Waals surface area contributed by atoms with Crippen LogP contribution in [0.2, 0.25) is 0 Å². The van der Waals surface area contributed by atoms with Gasteiger partial charge in [0, 0.05) is 38.2 Å². The second-order valence-electron chi connectivity index (χ2n) is 5.49. The molecule has 2 aromatic rings. The van der Waals surface area contributed by atoms with Gasteiger partial charge in [-0.05, 0) is 29.8 Å². The summed E-state index contributed by atoms with van der Waals surface area (Å²) in [7, 11) is 0. The predicted molar refractivity (Wildman–Crippen MR) is 87.1 cm³/mol. The van der Waals surface area contributed by atoms with Crippen LogP contribution in [-0.4, -0.2) is 23.3 Å². The molecule has 0 saturated heterocycles. The van der Waals surface area contributed by atoms with Crippen molar-refractivity contribution in [3.05, 3.63) is 65.5 Å². The molecule has 2 amide bonds. The Labute approximate surface area is 143 Å². The van der Waals surface area contributed by atoms with Crippen molar-refractivity contribution in [2.24, 2.45) is 0 Å². The molecule has 0 fully saturated rings. The topological polar surface area (TPSA) is 49.4 Å². The lowest BCUT2D eigenvalue weighted by Gasteiger charge is -2.21. The first-order valence-electron chi connectivity index (χ1n) is 7.60. The van der Waals surface area contributed by atoms with Gasteiger partial charge in [-0.2, -0.15) is 0 Å². The van der Waals surface area contributed by atoms with Crippen molar-refractivity contribution in [3.8, 4) is 0 Å². The Kier molecular flexibility index (Phi) is 6.16. The summed E-state index contributed by atoms with van der Waals surface area (Å²) in [4.78, 5) is 25.1. The van der Waals surface area contributed by atoms with Gasteiger partial charge in [0.2, 0.25) is 11.8 Å². The third kappa shape index (κ3) is 5.63. The first-order valence-corrected chi connectivity index (χ1v) is 7.60. The number of anilines is 1. The molecule has 2 rings (SSSR count). The Bertz CT molecular complexity index is 763. The number of hydrogen-bond acceptors (Lipinski definition) is 2. The van der Waals surface area contributed by atoms with Crippen LogP contribution in [-0.2, 0) is 16.1 Å². The van der Waals surface area contributed by atoms with Gasteiger partial charge in [-0.25, -0.2) is 13.2 Å². The van der Waals surface area contributed by atoms with E-state index in [0.29, 0.717) is 0 Å². The Balaban J connectivity index is 1.91. The molecule has 0 spiro atoms. The van der Waals surface area contributed by atoms with Crippen molar-refractivity contribution < 1.29 is 22.8 Å². The van der Waals surface area contributed by atoms with E-state index in [4.69, 9.17) is 0 Å². The van der Waals surface area contributed by atoms with Crippen LogP contribution in [0.15, 0.2) is 42.5 Å². The minimum atomic E-state index is -1.06. The quantitative estimate of drug-likeness (QED) is 0.867. The number of amides is 2. The monoisotopic (exact) mass is 350 g/mol. The Morgan fingerprint density at radius 2 is 1.68 bits per heavy atom. The van der Waals surface area contributed by atoms with E-state index in [1.807, 2.05) is 0 Å². The van der Waals surface area contributed by atoms with Crippen LogP contribution in [0.4, 0.5) is 18.9 Å². The molecule has 132 valence electrons. The fraction of sp³-hybridized carbons (Fsp3) is 0.222. The van der Waals surface area contributed by atoms with Crippen LogP contribution in [0.3, 0.4) is 0 Å². The lowest BCUT2D eigenvalue weighted by molar-refractivity contribution is -0.129. The molecule has 0 unspecified atom stereocenters. The second kappa shape index (κ2) is 8.32. The molecule has 1 N–H and O–H groups in total. The zero-order chi connectivity index (χ0) is 18.4. The molecule has 7 heteroatoms. The van der Waals surface area contributed by atoms with Gasteiger partial charge < -0.3 is 10.2 Å². The van der Waals surface area contributed by atoms with Crippen LogP contribution in [0, 0.1) is 17.5 Å². The number of benzene rings is 2. The maximum Gasteiger partial charge on any atom is 0.226 e. The fourth-order valence-corrected chi connectivity index (χ4v) is 2.19. The third-order valence-electron chi connectivity index (χ3n) is 3.54. The van der Waals surface area contributed by atoms with E-state index < -0.39 is 17.5 Å². The van der Waals surface area contributed by atoms with Crippen molar-refractivity contribution in [2.45, 2.75) is 19.9 Å². The third-order valence-corrected chi connectivity index (χ3v) is 3.54. The van der Waals surface area contributed by atoms with Crippen LogP contribution in [0.25, 0.3) is 0 Å². The molecule has 0 heterocycles. The highest BCUT2D eigenvalue weighted by Gasteiger charge is 2.13. The van der Waals surface area contributed by atoms with E-state index in [1.54, 1.807) is 12.1 Å². The maximum atomic E-state index is 13.1. The second-order valence-corrected chi connectivity index (χ2v) is 5.49. The molecule has 0 aliphatic rings. The highest BCUT2D eigenvalue weighted by Crippen LogP contribution is 2.13. The van der Waals surface area contributed by atoms with Crippen molar-refractivity contribution in [1.82, 2.24) is 4.90 Å². The highest BCUT2D eigenvalue weighted by molar-refractivity contribution is 5.91. The van der Waals surface area contributed by atoms with Gasteiger partial charge in [0.15, 0.2) is 11.6 Å². The average Bonchev–Trinajstić information content (AvgIpc) is 2.56. The number of rotatable bonds is 6. The first kappa shape index (κ1) is 18.5. The first-order chi connectivity index (χ1) is 11.8. The summed E-state index contributed by atoms with van der Waals surface area (Å²) in [6, 6.07) is 8.76. The Morgan fingerprint density at radius 1 is 1.00 bits per heavy atom. The van der Waals surface area contributed by atoms with E-state index in [0.717, 1.165) is 17.7 Å².